The van der Waals surface area contributed by atoms with Crippen molar-refractivity contribution in [3.63, 3.8) is 0 Å². The third-order valence-corrected chi connectivity index (χ3v) is 4.06. The minimum Gasteiger partial charge on any atom is -0.495 e. The number of H-pyrrole nitrogens is 1. The van der Waals surface area contributed by atoms with Gasteiger partial charge in [0, 0.05) is 11.1 Å². The molecule has 0 saturated heterocycles. The van der Waals surface area contributed by atoms with Crippen LogP contribution in [0.4, 0.5) is 4.39 Å². The molecule has 6 heteroatoms. The van der Waals surface area contributed by atoms with Gasteiger partial charge in [0.25, 0.3) is 0 Å². The average molecular weight is 323 g/mol. The lowest BCUT2D eigenvalue weighted by Gasteiger charge is -2.12. The van der Waals surface area contributed by atoms with Crippen LogP contribution in [0.5, 0.6) is 5.75 Å². The van der Waals surface area contributed by atoms with E-state index >= 15 is 0 Å². The van der Waals surface area contributed by atoms with E-state index in [9.17, 15) is 4.39 Å². The Kier molecular flexibility index (Phi) is 3.47. The number of para-hydroxylation sites is 1. The summed E-state index contributed by atoms with van der Waals surface area (Å²) in [6.07, 6.45) is 0. The fraction of sp³-hybridized carbons (Fsp3) is 0.133. The maximum absolute atomic E-state index is 13.9. The number of aromatic nitrogens is 2. The van der Waals surface area contributed by atoms with E-state index in [0.29, 0.717) is 26.6 Å². The molecule has 0 spiro atoms. The molecule has 0 bridgehead atoms. The first-order valence-electron chi connectivity index (χ1n) is 6.26. The molecule has 0 saturated carbocycles. The number of imidazole rings is 1. The summed E-state index contributed by atoms with van der Waals surface area (Å²) in [4.78, 5) is 2.89. The summed E-state index contributed by atoms with van der Waals surface area (Å²) in [5.74, 6) is 0.230. The number of halogens is 2. The van der Waals surface area contributed by atoms with E-state index in [-0.39, 0.29) is 5.82 Å². The van der Waals surface area contributed by atoms with E-state index in [4.69, 9.17) is 28.6 Å². The number of nitrogens with one attached hydrogen (secondary N) is 1. The number of rotatable bonds is 2. The zero-order valence-electron chi connectivity index (χ0n) is 11.4. The van der Waals surface area contributed by atoms with Crippen molar-refractivity contribution >= 4 is 34.9 Å². The summed E-state index contributed by atoms with van der Waals surface area (Å²) in [5.41, 5.74) is 2.64. The minimum absolute atomic E-state index is 0.345. The lowest BCUT2D eigenvalue weighted by molar-refractivity contribution is 0.413. The van der Waals surface area contributed by atoms with Crippen LogP contribution >= 0.6 is 23.8 Å². The Morgan fingerprint density at radius 1 is 1.33 bits per heavy atom. The Morgan fingerprint density at radius 2 is 2.10 bits per heavy atom. The molecule has 0 unspecified atom stereocenters. The second-order valence-electron chi connectivity index (χ2n) is 4.67. The zero-order valence-corrected chi connectivity index (χ0v) is 13.0. The number of aryl methyl sites for hydroxylation is 1. The van der Waals surface area contributed by atoms with E-state index in [1.165, 1.54) is 6.07 Å². The highest BCUT2D eigenvalue weighted by Gasteiger charge is 2.15. The van der Waals surface area contributed by atoms with Crippen LogP contribution in [0.2, 0.25) is 5.02 Å². The van der Waals surface area contributed by atoms with Gasteiger partial charge in [-0.3, -0.25) is 4.57 Å². The van der Waals surface area contributed by atoms with Gasteiger partial charge in [-0.05, 0) is 42.9 Å². The number of hydrogen-bond donors (Lipinski definition) is 1. The van der Waals surface area contributed by atoms with Crippen molar-refractivity contribution in [1.29, 1.82) is 0 Å². The molecule has 108 valence electrons. The second kappa shape index (κ2) is 5.16. The Morgan fingerprint density at radius 3 is 2.81 bits per heavy atom. The summed E-state index contributed by atoms with van der Waals surface area (Å²) in [7, 11) is 1.56. The van der Waals surface area contributed by atoms with E-state index < -0.39 is 0 Å². The fourth-order valence-electron chi connectivity index (χ4n) is 2.32. The molecule has 3 aromatic rings. The van der Waals surface area contributed by atoms with Crippen LogP contribution < -0.4 is 4.74 Å². The van der Waals surface area contributed by atoms with E-state index in [1.807, 2.05) is 13.0 Å². The van der Waals surface area contributed by atoms with Crippen molar-refractivity contribution in [1.82, 2.24) is 9.55 Å². The van der Waals surface area contributed by atoms with Crippen LogP contribution in [-0.2, 0) is 0 Å². The average Bonchev–Trinajstić information content (AvgIpc) is 2.79. The Labute approximate surface area is 130 Å². The number of ether oxygens (including phenoxy) is 1. The lowest BCUT2D eigenvalue weighted by atomic mass is 10.2. The topological polar surface area (TPSA) is 29.9 Å². The molecular weight excluding hydrogens is 311 g/mol. The maximum Gasteiger partial charge on any atom is 0.182 e. The summed E-state index contributed by atoms with van der Waals surface area (Å²) in [5, 5.41) is 0.605. The van der Waals surface area contributed by atoms with Gasteiger partial charge in [0.1, 0.15) is 17.1 Å². The number of methoxy groups -OCH3 is 1. The first kappa shape index (κ1) is 14.1. The van der Waals surface area contributed by atoms with Crippen molar-refractivity contribution in [2.45, 2.75) is 6.92 Å². The first-order chi connectivity index (χ1) is 10.0. The van der Waals surface area contributed by atoms with E-state index in [1.54, 1.807) is 29.9 Å². The highest BCUT2D eigenvalue weighted by atomic mass is 35.5. The van der Waals surface area contributed by atoms with Crippen molar-refractivity contribution < 1.29 is 9.13 Å². The Balaban J connectivity index is 2.41. The molecule has 0 atom stereocenters. The van der Waals surface area contributed by atoms with Crippen LogP contribution in [0.1, 0.15) is 5.56 Å². The number of fused-ring (bicyclic) bond motifs is 1. The third-order valence-electron chi connectivity index (χ3n) is 3.37. The summed E-state index contributed by atoms with van der Waals surface area (Å²) >= 11 is 11.5. The summed E-state index contributed by atoms with van der Waals surface area (Å²) < 4.78 is 21.4. The highest BCUT2D eigenvalue weighted by Crippen LogP contribution is 2.32. The van der Waals surface area contributed by atoms with Crippen molar-refractivity contribution in [2.75, 3.05) is 7.11 Å². The molecule has 1 aromatic heterocycles. The van der Waals surface area contributed by atoms with Crippen molar-refractivity contribution in [3.05, 3.63) is 51.5 Å². The molecule has 0 aliphatic heterocycles. The summed E-state index contributed by atoms with van der Waals surface area (Å²) in [6, 6.07) is 8.43. The maximum atomic E-state index is 13.9. The van der Waals surface area contributed by atoms with Crippen LogP contribution in [0.15, 0.2) is 30.3 Å². The third kappa shape index (κ3) is 2.22. The van der Waals surface area contributed by atoms with Gasteiger partial charge in [0.15, 0.2) is 4.77 Å². The lowest BCUT2D eigenvalue weighted by Crippen LogP contribution is -1.99. The normalized spacial score (nSPS) is 11.0. The van der Waals surface area contributed by atoms with Gasteiger partial charge in [0.2, 0.25) is 0 Å². The highest BCUT2D eigenvalue weighted by molar-refractivity contribution is 7.71. The van der Waals surface area contributed by atoms with Crippen LogP contribution in [-0.4, -0.2) is 16.7 Å². The van der Waals surface area contributed by atoms with Gasteiger partial charge >= 0.3 is 0 Å². The molecule has 3 nitrogen and oxygen atoms in total. The van der Waals surface area contributed by atoms with Crippen molar-refractivity contribution in [3.8, 4) is 11.4 Å². The smallest absolute Gasteiger partial charge is 0.182 e. The molecule has 0 amide bonds. The molecule has 0 fully saturated rings. The SMILES string of the molecule is COc1cc(Cl)c(C)cc1-n1c(=S)[nH]c2c(F)cccc21. The molecule has 0 aliphatic carbocycles. The van der Waals surface area contributed by atoms with Gasteiger partial charge in [-0.15, -0.1) is 0 Å². The molecule has 1 N–H and O–H groups in total. The monoisotopic (exact) mass is 322 g/mol. The number of nitrogens with zero attached hydrogens (tertiary/aromatic N) is 1. The zero-order chi connectivity index (χ0) is 15.1. The van der Waals surface area contributed by atoms with Gasteiger partial charge in [-0.2, -0.15) is 0 Å². The first-order valence-corrected chi connectivity index (χ1v) is 7.05. The number of benzene rings is 2. The predicted octanol–water partition coefficient (Wildman–Crippen LogP) is 4.80. The van der Waals surface area contributed by atoms with Gasteiger partial charge in [0.05, 0.1) is 18.3 Å². The molecule has 2 aromatic carbocycles. The molecule has 21 heavy (non-hydrogen) atoms. The van der Waals surface area contributed by atoms with E-state index in [0.717, 1.165) is 11.3 Å². The molecular formula is C15H12ClFN2OS. The minimum atomic E-state index is -0.345. The van der Waals surface area contributed by atoms with Crippen LogP contribution in [0.3, 0.4) is 0 Å². The van der Waals surface area contributed by atoms with E-state index in [2.05, 4.69) is 4.98 Å². The fourth-order valence-corrected chi connectivity index (χ4v) is 2.77. The molecule has 0 aliphatic rings. The van der Waals surface area contributed by atoms with Gasteiger partial charge < -0.3 is 9.72 Å². The Hall–Kier alpha value is -1.85. The van der Waals surface area contributed by atoms with Crippen molar-refractivity contribution in [2.24, 2.45) is 0 Å². The predicted molar refractivity (Wildman–Crippen MR) is 84.7 cm³/mol. The Bertz CT molecular complexity index is 901. The van der Waals surface area contributed by atoms with Gasteiger partial charge in [-0.1, -0.05) is 17.7 Å². The quantitative estimate of drug-likeness (QED) is 0.687. The van der Waals surface area contributed by atoms with Crippen LogP contribution in [0, 0.1) is 17.5 Å². The molecule has 0 radical (unpaired) electrons. The summed E-state index contributed by atoms with van der Waals surface area (Å²) in [6.45, 7) is 1.89. The standard InChI is InChI=1S/C15H12ClFN2OS/c1-8-6-12(13(20-2)7-9(8)16)19-11-5-3-4-10(17)14(11)18-15(19)21/h3-7H,1-2H3,(H,18,21). The molecule has 1 heterocycles. The molecule has 3 rings (SSSR count). The number of hydrogen-bond acceptors (Lipinski definition) is 2. The number of aromatic amines is 1. The largest absolute Gasteiger partial charge is 0.495 e. The van der Waals surface area contributed by atoms with Crippen LogP contribution in [0.25, 0.3) is 16.7 Å². The second-order valence-corrected chi connectivity index (χ2v) is 5.47. The van der Waals surface area contributed by atoms with Gasteiger partial charge in [-0.25, -0.2) is 4.39 Å².